The number of nitrogen functional groups attached to an aromatic ring is 1. The number of ether oxygens (including phenoxy) is 4. The number of likely N-dealkylation sites (tertiary alicyclic amines) is 1. The van der Waals surface area contributed by atoms with Gasteiger partial charge in [-0.25, -0.2) is 19.9 Å². The maximum absolute atomic E-state index is 13.1. The smallest absolute Gasteiger partial charge is 0.259 e. The van der Waals surface area contributed by atoms with Crippen LogP contribution in [-0.4, -0.2) is 163 Å². The summed E-state index contributed by atoms with van der Waals surface area (Å²) in [5.41, 5.74) is 16.1. The van der Waals surface area contributed by atoms with Crippen molar-refractivity contribution in [1.29, 1.82) is 16.2 Å². The van der Waals surface area contributed by atoms with E-state index in [4.69, 9.17) is 139 Å². The summed E-state index contributed by atoms with van der Waals surface area (Å²) < 4.78 is 21.4. The van der Waals surface area contributed by atoms with Gasteiger partial charge in [0, 0.05) is 148 Å². The first-order valence-electron chi connectivity index (χ1n) is 38.7. The number of rotatable bonds is 24. The van der Waals surface area contributed by atoms with Crippen molar-refractivity contribution in [3.63, 3.8) is 0 Å². The predicted molar refractivity (Wildman–Crippen MR) is 514 cm³/mol. The molecule has 0 saturated carbocycles. The van der Waals surface area contributed by atoms with Gasteiger partial charge in [-0.3, -0.25) is 59.6 Å². The highest BCUT2D eigenvalue weighted by Gasteiger charge is 2.28. The van der Waals surface area contributed by atoms with E-state index in [1.165, 1.54) is 120 Å². The lowest BCUT2D eigenvalue weighted by molar-refractivity contribution is 0.101. The molecule has 4 aromatic heterocycles. The van der Waals surface area contributed by atoms with Crippen LogP contribution in [0.5, 0.6) is 23.0 Å². The molecule has 0 spiro atoms. The molecule has 0 unspecified atom stereocenters. The Morgan fingerprint density at radius 3 is 0.809 bits per heavy atom. The summed E-state index contributed by atoms with van der Waals surface area (Å²) in [5, 5.41) is 48.1. The van der Waals surface area contributed by atoms with Crippen LogP contribution in [0.3, 0.4) is 0 Å². The summed E-state index contributed by atoms with van der Waals surface area (Å²) in [7, 11) is 10.7. The first-order valence-corrected chi connectivity index (χ1v) is 41.7. The molecular weight excluding hydrogens is 1850 g/mol. The molecule has 5 heterocycles. The SMILES string of the molecule is CN=C(N)c1ccc(C(=O)Nc2c(OC)cc(Cl)cc2C(=O)Nc2ccc(Cl)cn2)cc1.COc1cc(Cl)cc(C(=O)Nc2ccc(Cl)cn2)c1NC(=O)c1ccc(C(=N)N(C)C)cc1.COc1cc(Cl)cc(C(=O)Nc2ccc(Cl)cn2)c1NC(=O)c1ccc(C(=N)N)cc1.COc1cc(Cl)cc(C(=O)Nc2ccc(Cl)cn2)c1NC(=O)c1ccc(C(=N)N2CCCC2)cc1. The molecule has 0 bridgehead atoms. The fraction of sp³-hybridized carbons (Fsp3) is 0.121. The van der Waals surface area contributed by atoms with Crippen LogP contribution < -0.4 is 72.9 Å². The number of pyridine rings is 4. The quantitative estimate of drug-likeness (QED) is 0.0197. The number of aliphatic imine (C=N–C) groups is 1. The molecule has 13 rings (SSSR count). The predicted octanol–water partition coefficient (Wildman–Crippen LogP) is 18.5. The van der Waals surface area contributed by atoms with Gasteiger partial charge in [-0.15, -0.1) is 0 Å². The molecule has 0 aliphatic carbocycles. The Bertz CT molecular complexity index is 6310. The summed E-state index contributed by atoms with van der Waals surface area (Å²) in [6.45, 7) is 1.74. The summed E-state index contributed by atoms with van der Waals surface area (Å²) in [4.78, 5) is 127. The summed E-state index contributed by atoms with van der Waals surface area (Å²) in [6.07, 6.45) is 7.76. The highest BCUT2D eigenvalue weighted by Crippen LogP contribution is 2.39. The van der Waals surface area contributed by atoms with Crippen molar-refractivity contribution in [3.05, 3.63) is 326 Å². The zero-order valence-corrected chi connectivity index (χ0v) is 76.4. The zero-order chi connectivity index (χ0) is 94.9. The molecule has 8 aromatic carbocycles. The number of anilines is 8. The van der Waals surface area contributed by atoms with Crippen LogP contribution in [-0.2, 0) is 0 Å². The van der Waals surface area contributed by atoms with E-state index in [2.05, 4.69) is 67.5 Å². The number of carbonyl (C=O) groups excluding carboxylic acids is 8. The average Bonchev–Trinajstić information content (AvgIpc) is 0.825. The van der Waals surface area contributed by atoms with Crippen molar-refractivity contribution in [3.8, 4) is 23.0 Å². The topological polar surface area (TPSA) is 464 Å². The molecule has 8 amide bonds. The van der Waals surface area contributed by atoms with Crippen LogP contribution in [0, 0.1) is 16.2 Å². The van der Waals surface area contributed by atoms with E-state index in [0.29, 0.717) is 76.5 Å². The summed E-state index contributed by atoms with van der Waals surface area (Å²) in [5.74, 6) is -1.04. The number of methoxy groups -OCH3 is 4. The van der Waals surface area contributed by atoms with E-state index in [1.54, 1.807) is 153 Å². The van der Waals surface area contributed by atoms with E-state index in [-0.39, 0.29) is 117 Å². The number of hydrogen-bond donors (Lipinski definition) is 13. The van der Waals surface area contributed by atoms with E-state index in [1.807, 2.05) is 4.90 Å². The van der Waals surface area contributed by atoms with Gasteiger partial charge in [-0.1, -0.05) is 141 Å². The lowest BCUT2D eigenvalue weighted by atomic mass is 10.1. The van der Waals surface area contributed by atoms with Gasteiger partial charge in [0.05, 0.1) is 93.5 Å². The Morgan fingerprint density at radius 1 is 0.336 bits per heavy atom. The van der Waals surface area contributed by atoms with Crippen molar-refractivity contribution in [2.24, 2.45) is 16.5 Å². The molecule has 1 aliphatic rings. The van der Waals surface area contributed by atoms with Gasteiger partial charge >= 0.3 is 0 Å². The number of aromatic nitrogens is 4. The second-order valence-corrected chi connectivity index (χ2v) is 31.3. The van der Waals surface area contributed by atoms with Gasteiger partial charge in [0.25, 0.3) is 47.3 Å². The van der Waals surface area contributed by atoms with Crippen molar-refractivity contribution in [2.45, 2.75) is 12.8 Å². The number of nitrogens with two attached hydrogens (primary N) is 2. The number of halogens is 8. The van der Waals surface area contributed by atoms with Gasteiger partial charge in [-0.05, 0) is 134 Å². The molecule has 32 nitrogen and oxygen atoms in total. The van der Waals surface area contributed by atoms with Gasteiger partial charge < -0.3 is 82.7 Å². The van der Waals surface area contributed by atoms with Gasteiger partial charge in [0.15, 0.2) is 0 Å². The Hall–Kier alpha value is -14.5. The van der Waals surface area contributed by atoms with E-state index >= 15 is 0 Å². The fourth-order valence-corrected chi connectivity index (χ4v) is 13.4. The van der Waals surface area contributed by atoms with Crippen molar-refractivity contribution in [1.82, 2.24) is 29.7 Å². The number of benzene rings is 8. The van der Waals surface area contributed by atoms with E-state index in [9.17, 15) is 38.4 Å². The number of amides is 8. The molecule has 672 valence electrons. The molecule has 1 aliphatic heterocycles. The Labute approximate surface area is 790 Å². The van der Waals surface area contributed by atoms with Crippen LogP contribution in [0.25, 0.3) is 0 Å². The molecule has 1 saturated heterocycles. The lowest BCUT2D eigenvalue weighted by Gasteiger charge is -2.19. The Kier molecular flexibility index (Phi) is 35.0. The molecule has 40 heteroatoms. The minimum atomic E-state index is -0.558. The number of carbonyl (C=O) groups is 8. The van der Waals surface area contributed by atoms with Crippen molar-refractivity contribution >= 4 is 209 Å². The molecule has 15 N–H and O–H groups in total. The number of hydrogen-bond acceptors (Lipinski definition) is 20. The number of nitrogens with one attached hydrogen (secondary N) is 11. The van der Waals surface area contributed by atoms with Crippen molar-refractivity contribution < 1.29 is 57.3 Å². The van der Waals surface area contributed by atoms with Crippen LogP contribution in [0.15, 0.2) is 224 Å². The normalized spacial score (nSPS) is 11.2. The van der Waals surface area contributed by atoms with Gasteiger partial charge in [0.2, 0.25) is 0 Å². The third-order valence-electron chi connectivity index (χ3n) is 18.8. The number of nitrogens with zero attached hydrogens (tertiary/aromatic N) is 7. The largest absolute Gasteiger partial charge is 0.494 e. The third-order valence-corrected chi connectivity index (χ3v) is 20.6. The van der Waals surface area contributed by atoms with E-state index < -0.39 is 47.3 Å². The van der Waals surface area contributed by atoms with Crippen molar-refractivity contribution in [2.75, 3.05) is 105 Å². The van der Waals surface area contributed by atoms with Crippen LogP contribution in [0.4, 0.5) is 46.0 Å². The third kappa shape index (κ3) is 27.1. The standard InChI is InChI=1S/C25H23Cl2N5O3.C23H21Cl2N5O3.C22H19Cl2N5O3.C21H17Cl2N5O3/c1-35-20-13-18(27)12-19(25(34)30-21-9-8-17(26)14-29-21)22(20)31-24(33)16-6-4-15(5-7-16)23(28)32-10-2-3-11-32;1-30(2)21(26)13-4-6-14(7-5-13)22(31)29-20-17(10-16(25)11-18(20)33-3)23(32)28-19-9-8-15(24)12-27-19;1-26-20(25)12-3-5-13(6-4-12)21(30)29-19-16(9-15(24)10-17(19)32-2)22(31)28-18-8-7-14(23)11-27-18;1-31-16-9-14(23)8-15(21(30)27-17-7-6-13(22)10-26-17)18(16)28-20(29)12-4-2-11(3-5-12)19(24)25/h4-9,12-14,28H,2-3,10-11H2,1H3,(H,31,33)(H,29,30,34);4-12,26H,1-3H3,(H,29,31)(H,27,28,32);3-11H,1-2H3,(H2,25,26)(H,29,30)(H,27,28,31);2-10H,1H3,(H3,24,25)(H,28,29)(H,26,27,30). The Balaban J connectivity index is 0.000000182. The average molecular weight is 1930 g/mol. The van der Waals surface area contributed by atoms with Crippen LogP contribution >= 0.6 is 92.8 Å². The van der Waals surface area contributed by atoms with Crippen LogP contribution in [0.1, 0.15) is 118 Å². The molecular formula is C91H80Cl8N20O12. The first kappa shape index (κ1) is 98.7. The maximum Gasteiger partial charge on any atom is 0.259 e. The summed E-state index contributed by atoms with van der Waals surface area (Å²) in [6, 6.07) is 50.2. The fourth-order valence-electron chi connectivity index (χ4n) is 12.1. The van der Waals surface area contributed by atoms with Gasteiger partial charge in [-0.2, -0.15) is 0 Å². The highest BCUT2D eigenvalue weighted by molar-refractivity contribution is 6.35. The second-order valence-electron chi connectivity index (χ2n) is 27.8. The van der Waals surface area contributed by atoms with Crippen LogP contribution in [0.2, 0.25) is 40.2 Å². The molecule has 12 aromatic rings. The second kappa shape index (κ2) is 46.5. The maximum atomic E-state index is 13.1. The highest BCUT2D eigenvalue weighted by atomic mass is 35.5. The number of amidine groups is 4. The molecule has 131 heavy (non-hydrogen) atoms. The molecule has 1 fully saturated rings. The van der Waals surface area contributed by atoms with E-state index in [0.717, 1.165) is 31.5 Å². The van der Waals surface area contributed by atoms with Gasteiger partial charge in [0.1, 0.15) is 69.6 Å². The minimum absolute atomic E-state index is 0.0785. The monoisotopic (exact) mass is 1920 g/mol. The first-order chi connectivity index (χ1) is 62.6. The minimum Gasteiger partial charge on any atom is -0.494 e. The molecule has 0 radical (unpaired) electrons. The zero-order valence-electron chi connectivity index (χ0n) is 70.3. The molecule has 0 atom stereocenters. The Morgan fingerprint density at radius 2 is 0.580 bits per heavy atom. The lowest BCUT2D eigenvalue weighted by Crippen LogP contribution is -2.27. The summed E-state index contributed by atoms with van der Waals surface area (Å²) >= 11 is 48.0.